The van der Waals surface area contributed by atoms with Crippen LogP contribution in [-0.2, 0) is 9.59 Å². The number of anilines is 1. The molecule has 1 aliphatic rings. The largest absolute Gasteiger partial charge is 0.506 e. The van der Waals surface area contributed by atoms with Crippen LogP contribution in [0.3, 0.4) is 0 Å². The van der Waals surface area contributed by atoms with E-state index in [0.717, 1.165) is 30.0 Å². The highest BCUT2D eigenvalue weighted by atomic mass is 32.2. The molecule has 2 N–H and O–H groups in total. The molecule has 0 spiro atoms. The van der Waals surface area contributed by atoms with Gasteiger partial charge in [-0.25, -0.2) is 0 Å². The molecule has 12 heteroatoms. The number of rotatable bonds is 8. The van der Waals surface area contributed by atoms with Gasteiger partial charge in [-0.05, 0) is 29.8 Å². The van der Waals surface area contributed by atoms with Gasteiger partial charge in [0.25, 0.3) is 11.6 Å². The second-order valence-corrected chi connectivity index (χ2v) is 8.38. The fraction of sp³-hybridized carbons (Fsp3) is 0.190. The van der Waals surface area contributed by atoms with Gasteiger partial charge in [0.05, 0.1) is 29.7 Å². The molecule has 1 heterocycles. The minimum atomic E-state index is -0.639. The number of amides is 2. The van der Waals surface area contributed by atoms with Crippen molar-refractivity contribution in [2.45, 2.75) is 6.42 Å². The van der Waals surface area contributed by atoms with Crippen LogP contribution in [0.15, 0.2) is 41.3 Å². The highest BCUT2D eigenvalue weighted by molar-refractivity contribution is 8.26. The summed E-state index contributed by atoms with van der Waals surface area (Å²) >= 11 is 6.40. The summed E-state index contributed by atoms with van der Waals surface area (Å²) in [6.07, 6.45) is 1.54. The molecule has 172 valence electrons. The zero-order valence-corrected chi connectivity index (χ0v) is 19.2. The summed E-state index contributed by atoms with van der Waals surface area (Å²) in [6.45, 7) is 0.00939. The third-order valence-electron chi connectivity index (χ3n) is 4.61. The number of nitro groups is 1. The van der Waals surface area contributed by atoms with Gasteiger partial charge in [-0.15, -0.1) is 0 Å². The molecule has 33 heavy (non-hydrogen) atoms. The van der Waals surface area contributed by atoms with Crippen molar-refractivity contribution in [3.8, 4) is 17.2 Å². The predicted molar refractivity (Wildman–Crippen MR) is 127 cm³/mol. The molecule has 0 unspecified atom stereocenters. The normalized spacial score (nSPS) is 14.5. The standard InChI is InChI=1S/C21H19N3O7S2/c1-30-16-6-3-12(9-17(16)31-2)10-18-20(27)23(21(32)33-18)8-7-19(26)22-14-11-13(24(28)29)4-5-15(14)25/h3-6,9-11,25H,7-8H2,1-2H3,(H,22,26)/b18-10-. The second-order valence-electron chi connectivity index (χ2n) is 6.70. The van der Waals surface area contributed by atoms with E-state index in [4.69, 9.17) is 21.7 Å². The highest BCUT2D eigenvalue weighted by Crippen LogP contribution is 2.35. The number of phenolic OH excluding ortho intramolecular Hbond substituents is 1. The number of carbonyl (C=O) groups is 2. The molecule has 0 saturated carbocycles. The Balaban J connectivity index is 1.66. The molecule has 1 fully saturated rings. The number of hydrogen-bond donors (Lipinski definition) is 2. The van der Waals surface area contributed by atoms with Crippen LogP contribution in [0.1, 0.15) is 12.0 Å². The number of thioether (sulfide) groups is 1. The van der Waals surface area contributed by atoms with Crippen molar-refractivity contribution < 1.29 is 29.1 Å². The summed E-state index contributed by atoms with van der Waals surface area (Å²) in [4.78, 5) is 37.0. The molecule has 0 atom stereocenters. The second kappa shape index (κ2) is 10.3. The van der Waals surface area contributed by atoms with Gasteiger partial charge in [-0.3, -0.25) is 24.6 Å². The molecule has 0 aromatic heterocycles. The van der Waals surface area contributed by atoms with E-state index < -0.39 is 10.8 Å². The number of benzene rings is 2. The molecule has 0 bridgehead atoms. The van der Waals surface area contributed by atoms with E-state index in [1.54, 1.807) is 24.3 Å². The fourth-order valence-electron chi connectivity index (χ4n) is 2.95. The summed E-state index contributed by atoms with van der Waals surface area (Å²) < 4.78 is 10.8. The zero-order chi connectivity index (χ0) is 24.1. The Bertz CT molecular complexity index is 1170. The van der Waals surface area contributed by atoms with Crippen LogP contribution in [0.2, 0.25) is 0 Å². The number of nitrogens with one attached hydrogen (secondary N) is 1. The molecular weight excluding hydrogens is 470 g/mol. The number of phenols is 1. The lowest BCUT2D eigenvalue weighted by Crippen LogP contribution is -2.31. The van der Waals surface area contributed by atoms with E-state index in [9.17, 15) is 24.8 Å². The van der Waals surface area contributed by atoms with E-state index in [1.165, 1.54) is 19.1 Å². The number of carbonyl (C=O) groups excluding carboxylic acids is 2. The lowest BCUT2D eigenvalue weighted by atomic mass is 10.2. The molecule has 1 saturated heterocycles. The SMILES string of the molecule is COc1ccc(/C=C2\SC(=S)N(CCC(=O)Nc3cc([N+](=O)[O-])ccc3O)C2=O)cc1OC. The van der Waals surface area contributed by atoms with Crippen LogP contribution in [0.5, 0.6) is 17.2 Å². The van der Waals surface area contributed by atoms with Gasteiger partial charge in [0.1, 0.15) is 10.1 Å². The average molecular weight is 490 g/mol. The van der Waals surface area contributed by atoms with Crippen molar-refractivity contribution in [3.05, 3.63) is 57.0 Å². The summed E-state index contributed by atoms with van der Waals surface area (Å²) in [5.41, 5.74) is 0.348. The Morgan fingerprint density at radius 2 is 1.97 bits per heavy atom. The fourth-order valence-corrected chi connectivity index (χ4v) is 4.26. The van der Waals surface area contributed by atoms with Gasteiger partial charge in [0, 0.05) is 25.1 Å². The van der Waals surface area contributed by atoms with Gasteiger partial charge < -0.3 is 19.9 Å². The lowest BCUT2D eigenvalue weighted by Gasteiger charge is -2.14. The summed E-state index contributed by atoms with van der Waals surface area (Å²) in [6, 6.07) is 8.51. The number of thiocarbonyl (C=S) groups is 1. The third kappa shape index (κ3) is 5.59. The number of non-ortho nitro benzene ring substituents is 1. The summed E-state index contributed by atoms with van der Waals surface area (Å²) in [5.74, 6) is -0.113. The predicted octanol–water partition coefficient (Wildman–Crippen LogP) is 3.55. The molecule has 3 rings (SSSR count). The molecular formula is C21H19N3O7S2. The maximum atomic E-state index is 12.8. The monoisotopic (exact) mass is 489 g/mol. The number of hydrogen-bond acceptors (Lipinski definition) is 9. The van der Waals surface area contributed by atoms with Crippen molar-refractivity contribution in [3.63, 3.8) is 0 Å². The van der Waals surface area contributed by atoms with E-state index in [1.807, 2.05) is 0 Å². The number of nitrogens with zero attached hydrogens (tertiary/aromatic N) is 2. The van der Waals surface area contributed by atoms with E-state index in [2.05, 4.69) is 5.32 Å². The Morgan fingerprint density at radius 1 is 1.24 bits per heavy atom. The number of ether oxygens (including phenoxy) is 2. The Morgan fingerprint density at radius 3 is 2.64 bits per heavy atom. The van der Waals surface area contributed by atoms with Gasteiger partial charge in [0.2, 0.25) is 5.91 Å². The molecule has 0 radical (unpaired) electrons. The Labute approximate surface area is 198 Å². The Hall–Kier alpha value is -3.64. The molecule has 0 aliphatic carbocycles. The van der Waals surface area contributed by atoms with Crippen molar-refractivity contribution in [1.82, 2.24) is 4.90 Å². The van der Waals surface area contributed by atoms with Crippen LogP contribution < -0.4 is 14.8 Å². The number of aromatic hydroxyl groups is 1. The maximum absolute atomic E-state index is 12.8. The van der Waals surface area contributed by atoms with Crippen molar-refractivity contribution >= 4 is 57.6 Å². The van der Waals surface area contributed by atoms with Gasteiger partial charge in [-0.2, -0.15) is 0 Å². The smallest absolute Gasteiger partial charge is 0.271 e. The lowest BCUT2D eigenvalue weighted by molar-refractivity contribution is -0.384. The van der Waals surface area contributed by atoms with E-state index in [-0.39, 0.29) is 36.0 Å². The first kappa shape index (κ1) is 24.0. The van der Waals surface area contributed by atoms with Crippen LogP contribution >= 0.6 is 24.0 Å². The first-order valence-electron chi connectivity index (χ1n) is 9.48. The maximum Gasteiger partial charge on any atom is 0.271 e. The van der Waals surface area contributed by atoms with Crippen molar-refractivity contribution in [2.75, 3.05) is 26.1 Å². The summed E-state index contributed by atoms with van der Waals surface area (Å²) in [7, 11) is 3.04. The topological polar surface area (TPSA) is 131 Å². The average Bonchev–Trinajstić information content (AvgIpc) is 3.05. The van der Waals surface area contributed by atoms with E-state index in [0.29, 0.717) is 26.3 Å². The van der Waals surface area contributed by atoms with Crippen LogP contribution in [0.25, 0.3) is 6.08 Å². The zero-order valence-electron chi connectivity index (χ0n) is 17.6. The highest BCUT2D eigenvalue weighted by Gasteiger charge is 2.32. The molecule has 2 aromatic rings. The van der Waals surface area contributed by atoms with Crippen LogP contribution in [0.4, 0.5) is 11.4 Å². The first-order chi connectivity index (χ1) is 15.7. The molecule has 1 aliphatic heterocycles. The van der Waals surface area contributed by atoms with Crippen LogP contribution in [-0.4, -0.2) is 51.8 Å². The third-order valence-corrected chi connectivity index (χ3v) is 5.98. The Kier molecular flexibility index (Phi) is 7.51. The van der Waals surface area contributed by atoms with Crippen molar-refractivity contribution in [1.29, 1.82) is 0 Å². The minimum Gasteiger partial charge on any atom is -0.506 e. The quantitative estimate of drug-likeness (QED) is 0.188. The van der Waals surface area contributed by atoms with Gasteiger partial charge in [0.15, 0.2) is 11.5 Å². The van der Waals surface area contributed by atoms with E-state index >= 15 is 0 Å². The molecule has 10 nitrogen and oxygen atoms in total. The molecule has 2 amide bonds. The number of methoxy groups -OCH3 is 2. The van der Waals surface area contributed by atoms with Crippen LogP contribution in [0, 0.1) is 10.1 Å². The summed E-state index contributed by atoms with van der Waals surface area (Å²) in [5, 5.41) is 23.1. The number of nitro benzene ring substituents is 1. The first-order valence-corrected chi connectivity index (χ1v) is 10.7. The van der Waals surface area contributed by atoms with Gasteiger partial charge in [-0.1, -0.05) is 30.0 Å². The van der Waals surface area contributed by atoms with Crippen molar-refractivity contribution in [2.24, 2.45) is 0 Å². The molecule has 2 aromatic carbocycles. The van der Waals surface area contributed by atoms with Gasteiger partial charge >= 0.3 is 0 Å². The minimum absolute atomic E-state index is 0.00939.